The van der Waals surface area contributed by atoms with Crippen LogP contribution in [-0.2, 0) is 0 Å². The van der Waals surface area contributed by atoms with Crippen molar-refractivity contribution in [2.24, 2.45) is 0 Å². The molecule has 0 fully saturated rings. The van der Waals surface area contributed by atoms with E-state index in [0.717, 1.165) is 23.1 Å². The van der Waals surface area contributed by atoms with Gasteiger partial charge in [-0.25, -0.2) is 0 Å². The van der Waals surface area contributed by atoms with E-state index in [1.807, 2.05) is 12.1 Å². The zero-order chi connectivity index (χ0) is 13.5. The summed E-state index contributed by atoms with van der Waals surface area (Å²) >= 11 is 3.52. The summed E-state index contributed by atoms with van der Waals surface area (Å²) in [4.78, 5) is 0. The highest BCUT2D eigenvalue weighted by Crippen LogP contribution is 2.28. The summed E-state index contributed by atoms with van der Waals surface area (Å²) < 4.78 is 6.23. The number of halogens is 1. The van der Waals surface area contributed by atoms with Gasteiger partial charge in [0.25, 0.3) is 0 Å². The largest absolute Gasteiger partial charge is 0.496 e. The number of hydrogen-bond acceptors (Lipinski definition) is 2. The molecule has 0 bridgehead atoms. The molecule has 0 amide bonds. The number of methoxy groups -OCH3 is 1. The highest BCUT2D eigenvalue weighted by atomic mass is 79.9. The van der Waals surface area contributed by atoms with Crippen LogP contribution in [0.1, 0.15) is 38.3 Å². The van der Waals surface area contributed by atoms with Crippen LogP contribution in [0.3, 0.4) is 0 Å². The molecule has 0 aliphatic heterocycles. The van der Waals surface area contributed by atoms with Crippen molar-refractivity contribution >= 4 is 15.9 Å². The minimum absolute atomic E-state index is 0.326. The number of ether oxygens (including phenoxy) is 1. The fraction of sp³-hybridized carbons (Fsp3) is 0.467. The molecule has 1 aromatic carbocycles. The fourth-order valence-electron chi connectivity index (χ4n) is 1.93. The van der Waals surface area contributed by atoms with Crippen LogP contribution in [-0.4, -0.2) is 13.2 Å². The quantitative estimate of drug-likeness (QED) is 0.750. The molecule has 0 radical (unpaired) electrons. The van der Waals surface area contributed by atoms with Gasteiger partial charge in [0.2, 0.25) is 0 Å². The van der Waals surface area contributed by atoms with E-state index in [2.05, 4.69) is 53.8 Å². The molecule has 1 aromatic rings. The standard InChI is InChI=1S/C15H22BrNO/c1-5-6-7-11(2)17-12(3)13-8-9-15(18-4)14(16)10-13/h5,8-12,17H,1,6-7H2,2-4H3. The minimum atomic E-state index is 0.326. The van der Waals surface area contributed by atoms with Crippen molar-refractivity contribution < 1.29 is 4.74 Å². The lowest BCUT2D eigenvalue weighted by Crippen LogP contribution is -2.28. The van der Waals surface area contributed by atoms with Gasteiger partial charge in [-0.3, -0.25) is 0 Å². The molecular weight excluding hydrogens is 290 g/mol. The van der Waals surface area contributed by atoms with Gasteiger partial charge >= 0.3 is 0 Å². The monoisotopic (exact) mass is 311 g/mol. The predicted octanol–water partition coefficient (Wildman–Crippen LogP) is 4.46. The normalized spacial score (nSPS) is 14.0. The molecule has 2 atom stereocenters. The van der Waals surface area contributed by atoms with Gasteiger partial charge in [-0.1, -0.05) is 12.1 Å². The molecule has 2 unspecified atom stereocenters. The maximum Gasteiger partial charge on any atom is 0.133 e. The maximum absolute atomic E-state index is 5.24. The molecule has 100 valence electrons. The molecule has 1 rings (SSSR count). The highest BCUT2D eigenvalue weighted by molar-refractivity contribution is 9.10. The molecular formula is C15H22BrNO. The summed E-state index contributed by atoms with van der Waals surface area (Å²) in [6, 6.07) is 7.01. The molecule has 18 heavy (non-hydrogen) atoms. The van der Waals surface area contributed by atoms with E-state index in [9.17, 15) is 0 Å². The van der Waals surface area contributed by atoms with E-state index >= 15 is 0 Å². The van der Waals surface area contributed by atoms with Gasteiger partial charge in [-0.15, -0.1) is 6.58 Å². The Morgan fingerprint density at radius 3 is 2.72 bits per heavy atom. The molecule has 0 spiro atoms. The molecule has 1 N–H and O–H groups in total. The Kier molecular flexibility index (Phi) is 6.44. The number of hydrogen-bond donors (Lipinski definition) is 1. The lowest BCUT2D eigenvalue weighted by molar-refractivity contribution is 0.411. The van der Waals surface area contributed by atoms with E-state index in [1.165, 1.54) is 5.56 Å². The summed E-state index contributed by atoms with van der Waals surface area (Å²) in [6.07, 6.45) is 4.13. The number of benzene rings is 1. The third kappa shape index (κ3) is 4.46. The van der Waals surface area contributed by atoms with Crippen LogP contribution in [0.2, 0.25) is 0 Å². The Balaban J connectivity index is 2.63. The molecule has 0 aliphatic rings. The van der Waals surface area contributed by atoms with Crippen molar-refractivity contribution in [3.8, 4) is 5.75 Å². The Morgan fingerprint density at radius 1 is 1.44 bits per heavy atom. The zero-order valence-electron chi connectivity index (χ0n) is 11.4. The summed E-state index contributed by atoms with van der Waals surface area (Å²) in [5, 5.41) is 3.59. The van der Waals surface area contributed by atoms with Gasteiger partial charge in [0.15, 0.2) is 0 Å². The highest BCUT2D eigenvalue weighted by Gasteiger charge is 2.10. The molecule has 0 aromatic heterocycles. The van der Waals surface area contributed by atoms with Crippen LogP contribution < -0.4 is 10.1 Å². The molecule has 3 heteroatoms. The number of rotatable bonds is 7. The second-order valence-corrected chi connectivity index (χ2v) is 5.40. The van der Waals surface area contributed by atoms with E-state index in [0.29, 0.717) is 12.1 Å². The average molecular weight is 312 g/mol. The molecule has 0 saturated heterocycles. The Bertz CT molecular complexity index is 392. The predicted molar refractivity (Wildman–Crippen MR) is 81.1 cm³/mol. The minimum Gasteiger partial charge on any atom is -0.496 e. The second kappa shape index (κ2) is 7.59. The van der Waals surface area contributed by atoms with Crippen LogP contribution in [0.4, 0.5) is 0 Å². The number of allylic oxidation sites excluding steroid dienone is 1. The van der Waals surface area contributed by atoms with E-state index in [-0.39, 0.29) is 0 Å². The first kappa shape index (κ1) is 15.3. The third-order valence-electron chi connectivity index (χ3n) is 3.01. The van der Waals surface area contributed by atoms with Crippen LogP contribution in [0.5, 0.6) is 5.75 Å². The van der Waals surface area contributed by atoms with Crippen LogP contribution in [0, 0.1) is 0 Å². The van der Waals surface area contributed by atoms with Crippen molar-refractivity contribution in [1.82, 2.24) is 5.32 Å². The zero-order valence-corrected chi connectivity index (χ0v) is 13.0. The van der Waals surface area contributed by atoms with Crippen molar-refractivity contribution in [1.29, 1.82) is 0 Å². The topological polar surface area (TPSA) is 21.3 Å². The van der Waals surface area contributed by atoms with Crippen molar-refractivity contribution in [3.63, 3.8) is 0 Å². The average Bonchev–Trinajstić information content (AvgIpc) is 2.36. The van der Waals surface area contributed by atoms with E-state index in [4.69, 9.17) is 4.74 Å². The first-order valence-electron chi connectivity index (χ1n) is 6.28. The van der Waals surface area contributed by atoms with Gasteiger partial charge < -0.3 is 10.1 Å². The van der Waals surface area contributed by atoms with Crippen molar-refractivity contribution in [3.05, 3.63) is 40.9 Å². The van der Waals surface area contributed by atoms with Gasteiger partial charge in [0.1, 0.15) is 5.75 Å². The molecule has 0 heterocycles. The lowest BCUT2D eigenvalue weighted by atomic mass is 10.1. The van der Waals surface area contributed by atoms with Gasteiger partial charge in [0, 0.05) is 12.1 Å². The Hall–Kier alpha value is -0.800. The summed E-state index contributed by atoms with van der Waals surface area (Å²) in [5.74, 6) is 0.866. The molecule has 0 saturated carbocycles. The van der Waals surface area contributed by atoms with Crippen LogP contribution in [0.15, 0.2) is 35.3 Å². The van der Waals surface area contributed by atoms with E-state index < -0.39 is 0 Å². The van der Waals surface area contributed by atoms with Gasteiger partial charge in [0.05, 0.1) is 11.6 Å². The van der Waals surface area contributed by atoms with Gasteiger partial charge in [-0.05, 0) is 60.3 Å². The van der Waals surface area contributed by atoms with Crippen molar-refractivity contribution in [2.75, 3.05) is 7.11 Å². The first-order chi connectivity index (χ1) is 8.58. The van der Waals surface area contributed by atoms with Crippen molar-refractivity contribution in [2.45, 2.75) is 38.8 Å². The lowest BCUT2D eigenvalue weighted by Gasteiger charge is -2.20. The summed E-state index contributed by atoms with van der Waals surface area (Å²) in [7, 11) is 1.68. The Morgan fingerprint density at radius 2 is 2.17 bits per heavy atom. The fourth-order valence-corrected chi connectivity index (χ4v) is 2.48. The summed E-state index contributed by atoms with van der Waals surface area (Å²) in [5.41, 5.74) is 1.26. The van der Waals surface area contributed by atoms with Crippen LogP contribution in [0.25, 0.3) is 0 Å². The molecule has 0 aliphatic carbocycles. The van der Waals surface area contributed by atoms with Gasteiger partial charge in [-0.2, -0.15) is 0 Å². The Labute approximate surface area is 119 Å². The van der Waals surface area contributed by atoms with Crippen LogP contribution >= 0.6 is 15.9 Å². The SMILES string of the molecule is C=CCCC(C)NC(C)c1ccc(OC)c(Br)c1. The smallest absolute Gasteiger partial charge is 0.133 e. The first-order valence-corrected chi connectivity index (χ1v) is 7.08. The second-order valence-electron chi connectivity index (χ2n) is 4.55. The summed E-state index contributed by atoms with van der Waals surface area (Å²) in [6.45, 7) is 8.14. The van der Waals surface area contributed by atoms with E-state index in [1.54, 1.807) is 7.11 Å². The number of nitrogens with one attached hydrogen (secondary N) is 1. The maximum atomic E-state index is 5.24. The molecule has 2 nitrogen and oxygen atoms in total. The third-order valence-corrected chi connectivity index (χ3v) is 3.63.